The van der Waals surface area contributed by atoms with Crippen LogP contribution in [0.2, 0.25) is 0 Å². The molecule has 16 heavy (non-hydrogen) atoms. The second-order valence-electron chi connectivity index (χ2n) is 4.18. The summed E-state index contributed by atoms with van der Waals surface area (Å²) in [7, 11) is 0. The van der Waals surface area contributed by atoms with E-state index >= 15 is 0 Å². The Balaban J connectivity index is 2.21. The van der Waals surface area contributed by atoms with E-state index in [-0.39, 0.29) is 0 Å². The standard InChI is InChI=1S/C15H23N/c1-3-16-13-7-8-14(2)11-12-15-9-5-4-6-10-15/h4-6,8-10,16H,3,7,11-13H2,1-2H3. The summed E-state index contributed by atoms with van der Waals surface area (Å²) in [6.07, 6.45) is 5.83. The fraction of sp³-hybridized carbons (Fsp3) is 0.467. The van der Waals surface area contributed by atoms with Gasteiger partial charge in [-0.05, 0) is 44.8 Å². The molecule has 0 radical (unpaired) electrons. The van der Waals surface area contributed by atoms with Gasteiger partial charge in [0.05, 0.1) is 0 Å². The number of aryl methyl sites for hydroxylation is 1. The zero-order valence-electron chi connectivity index (χ0n) is 10.5. The van der Waals surface area contributed by atoms with E-state index in [4.69, 9.17) is 0 Å². The smallest absolute Gasteiger partial charge is 0.00143 e. The highest BCUT2D eigenvalue weighted by molar-refractivity contribution is 5.16. The van der Waals surface area contributed by atoms with Crippen LogP contribution >= 0.6 is 0 Å². The second-order valence-corrected chi connectivity index (χ2v) is 4.18. The molecule has 0 aromatic heterocycles. The third-order valence-electron chi connectivity index (χ3n) is 2.71. The normalized spacial score (nSPS) is 11.8. The fourth-order valence-electron chi connectivity index (χ4n) is 1.69. The first-order valence-corrected chi connectivity index (χ1v) is 6.23. The lowest BCUT2D eigenvalue weighted by molar-refractivity contribution is 0.723. The van der Waals surface area contributed by atoms with E-state index in [0.29, 0.717) is 0 Å². The summed E-state index contributed by atoms with van der Waals surface area (Å²) in [6, 6.07) is 10.7. The van der Waals surface area contributed by atoms with Crippen LogP contribution in [0.15, 0.2) is 42.0 Å². The molecule has 1 rings (SSSR count). The molecule has 0 unspecified atom stereocenters. The highest BCUT2D eigenvalue weighted by Crippen LogP contribution is 2.08. The number of rotatable bonds is 7. The predicted molar refractivity (Wildman–Crippen MR) is 71.7 cm³/mol. The molecule has 0 saturated carbocycles. The summed E-state index contributed by atoms with van der Waals surface area (Å²) < 4.78 is 0. The summed E-state index contributed by atoms with van der Waals surface area (Å²) in [4.78, 5) is 0. The Morgan fingerprint density at radius 3 is 2.69 bits per heavy atom. The Labute approximate surface area is 99.6 Å². The first-order chi connectivity index (χ1) is 7.83. The van der Waals surface area contributed by atoms with E-state index in [1.54, 1.807) is 0 Å². The van der Waals surface area contributed by atoms with Crippen LogP contribution in [0, 0.1) is 0 Å². The minimum atomic E-state index is 1.07. The third-order valence-corrected chi connectivity index (χ3v) is 2.71. The SMILES string of the molecule is CCNCCC=C(C)CCc1ccccc1. The molecule has 0 atom stereocenters. The van der Waals surface area contributed by atoms with Gasteiger partial charge in [-0.25, -0.2) is 0 Å². The van der Waals surface area contributed by atoms with Crippen molar-refractivity contribution >= 4 is 0 Å². The van der Waals surface area contributed by atoms with Crippen LogP contribution in [0.5, 0.6) is 0 Å². The maximum absolute atomic E-state index is 3.33. The maximum Gasteiger partial charge on any atom is -0.00143 e. The van der Waals surface area contributed by atoms with Crippen molar-refractivity contribution in [2.75, 3.05) is 13.1 Å². The predicted octanol–water partition coefficient (Wildman–Crippen LogP) is 3.57. The molecule has 1 nitrogen and oxygen atoms in total. The van der Waals surface area contributed by atoms with Gasteiger partial charge in [0.1, 0.15) is 0 Å². The molecule has 0 fully saturated rings. The first kappa shape index (κ1) is 13.0. The lowest BCUT2D eigenvalue weighted by Gasteiger charge is -2.03. The molecule has 0 aliphatic rings. The van der Waals surface area contributed by atoms with Gasteiger partial charge in [0.2, 0.25) is 0 Å². The highest BCUT2D eigenvalue weighted by Gasteiger charge is 1.93. The van der Waals surface area contributed by atoms with Gasteiger partial charge in [-0.2, -0.15) is 0 Å². The van der Waals surface area contributed by atoms with Crippen molar-refractivity contribution in [3.8, 4) is 0 Å². The number of hydrogen-bond acceptors (Lipinski definition) is 1. The minimum Gasteiger partial charge on any atom is -0.317 e. The third kappa shape index (κ3) is 5.72. The quantitative estimate of drug-likeness (QED) is 0.544. The monoisotopic (exact) mass is 217 g/mol. The lowest BCUT2D eigenvalue weighted by atomic mass is 10.1. The molecule has 0 amide bonds. The van der Waals surface area contributed by atoms with E-state index in [9.17, 15) is 0 Å². The molecule has 0 aliphatic carbocycles. The van der Waals surface area contributed by atoms with Crippen molar-refractivity contribution < 1.29 is 0 Å². The van der Waals surface area contributed by atoms with Crippen molar-refractivity contribution in [1.82, 2.24) is 5.32 Å². The Hall–Kier alpha value is -1.08. The van der Waals surface area contributed by atoms with E-state index in [0.717, 1.165) is 25.9 Å². The zero-order valence-corrected chi connectivity index (χ0v) is 10.5. The second kappa shape index (κ2) is 8.12. The van der Waals surface area contributed by atoms with E-state index in [2.05, 4.69) is 55.6 Å². The van der Waals surface area contributed by atoms with Gasteiger partial charge in [0, 0.05) is 0 Å². The first-order valence-electron chi connectivity index (χ1n) is 6.23. The maximum atomic E-state index is 3.33. The Morgan fingerprint density at radius 2 is 2.00 bits per heavy atom. The molecule has 1 aromatic rings. The van der Waals surface area contributed by atoms with Crippen molar-refractivity contribution in [1.29, 1.82) is 0 Å². The number of allylic oxidation sites excluding steroid dienone is 1. The highest BCUT2D eigenvalue weighted by atomic mass is 14.8. The minimum absolute atomic E-state index is 1.07. The van der Waals surface area contributed by atoms with Gasteiger partial charge in [0.25, 0.3) is 0 Å². The molecule has 0 bridgehead atoms. The molecular formula is C15H23N. The molecule has 88 valence electrons. The molecule has 1 N–H and O–H groups in total. The topological polar surface area (TPSA) is 12.0 Å². The van der Waals surface area contributed by atoms with Gasteiger partial charge in [-0.15, -0.1) is 0 Å². The van der Waals surface area contributed by atoms with Crippen molar-refractivity contribution in [2.24, 2.45) is 0 Å². The molecule has 1 aromatic carbocycles. The summed E-state index contributed by atoms with van der Waals surface area (Å²) >= 11 is 0. The van der Waals surface area contributed by atoms with Crippen LogP contribution in [0.4, 0.5) is 0 Å². The Bertz CT molecular complexity index is 300. The Morgan fingerprint density at radius 1 is 1.25 bits per heavy atom. The fourth-order valence-corrected chi connectivity index (χ4v) is 1.69. The number of hydrogen-bond donors (Lipinski definition) is 1. The van der Waals surface area contributed by atoms with Crippen molar-refractivity contribution in [3.63, 3.8) is 0 Å². The summed E-state index contributed by atoms with van der Waals surface area (Å²) in [5, 5.41) is 3.33. The van der Waals surface area contributed by atoms with Gasteiger partial charge in [-0.3, -0.25) is 0 Å². The van der Waals surface area contributed by atoms with Crippen molar-refractivity contribution in [2.45, 2.75) is 33.1 Å². The largest absolute Gasteiger partial charge is 0.317 e. The van der Waals surface area contributed by atoms with Gasteiger partial charge in [0.15, 0.2) is 0 Å². The number of benzene rings is 1. The molecule has 1 heteroatoms. The summed E-state index contributed by atoms with van der Waals surface area (Å²) in [5.74, 6) is 0. The summed E-state index contributed by atoms with van der Waals surface area (Å²) in [6.45, 7) is 6.54. The van der Waals surface area contributed by atoms with E-state index in [1.165, 1.54) is 17.6 Å². The average molecular weight is 217 g/mol. The average Bonchev–Trinajstić information content (AvgIpc) is 2.33. The van der Waals surface area contributed by atoms with Crippen molar-refractivity contribution in [3.05, 3.63) is 47.5 Å². The van der Waals surface area contributed by atoms with Crippen LogP contribution in [0.1, 0.15) is 32.3 Å². The lowest BCUT2D eigenvalue weighted by Crippen LogP contribution is -2.13. The van der Waals surface area contributed by atoms with Gasteiger partial charge < -0.3 is 5.32 Å². The zero-order chi connectivity index (χ0) is 11.6. The van der Waals surface area contributed by atoms with Crippen LogP contribution in [-0.2, 0) is 6.42 Å². The van der Waals surface area contributed by atoms with Gasteiger partial charge >= 0.3 is 0 Å². The van der Waals surface area contributed by atoms with E-state index in [1.807, 2.05) is 0 Å². The molecular weight excluding hydrogens is 194 g/mol. The van der Waals surface area contributed by atoms with E-state index < -0.39 is 0 Å². The number of nitrogens with one attached hydrogen (secondary N) is 1. The Kier molecular flexibility index (Phi) is 6.59. The molecule has 0 heterocycles. The molecule has 0 spiro atoms. The van der Waals surface area contributed by atoms with Crippen LogP contribution in [0.25, 0.3) is 0 Å². The van der Waals surface area contributed by atoms with Crippen LogP contribution in [-0.4, -0.2) is 13.1 Å². The van der Waals surface area contributed by atoms with Crippen LogP contribution < -0.4 is 5.32 Å². The molecule has 0 saturated heterocycles. The van der Waals surface area contributed by atoms with Gasteiger partial charge in [-0.1, -0.05) is 48.9 Å². The van der Waals surface area contributed by atoms with Crippen LogP contribution in [0.3, 0.4) is 0 Å². The molecule has 0 aliphatic heterocycles. The summed E-state index contributed by atoms with van der Waals surface area (Å²) in [5.41, 5.74) is 2.93.